The van der Waals surface area contributed by atoms with Gasteiger partial charge in [-0.25, -0.2) is 9.59 Å². The normalized spacial score (nSPS) is 12.0. The Morgan fingerprint density at radius 1 is 0.657 bits per heavy atom. The van der Waals surface area contributed by atoms with Crippen molar-refractivity contribution in [3.05, 3.63) is 72.9 Å². The van der Waals surface area contributed by atoms with Gasteiger partial charge in [0.1, 0.15) is 0 Å². The molecule has 0 spiro atoms. The summed E-state index contributed by atoms with van der Waals surface area (Å²) in [5.41, 5.74) is 0.665. The van der Waals surface area contributed by atoms with Crippen LogP contribution in [0.1, 0.15) is 33.6 Å². The summed E-state index contributed by atoms with van der Waals surface area (Å²) in [6, 6.07) is 14.5. The van der Waals surface area contributed by atoms with Crippen LogP contribution < -0.4 is 10.4 Å². The van der Waals surface area contributed by atoms with E-state index >= 15 is 0 Å². The van der Waals surface area contributed by atoms with E-state index in [-0.39, 0.29) is 19.3 Å². The largest absolute Gasteiger partial charge is 0.381 e. The topological polar surface area (TPSA) is 80.3 Å². The molecule has 0 saturated heterocycles. The Bertz CT molecular complexity index is 872. The molecule has 0 unspecified atom stereocenters. The fourth-order valence-electron chi connectivity index (χ4n) is 2.93. The minimum Gasteiger partial charge on any atom is -0.381 e. The van der Waals surface area contributed by atoms with Gasteiger partial charge in [0.25, 0.3) is 0 Å². The quantitative estimate of drug-likeness (QED) is 0.164. The molecule has 0 heterocycles. The highest BCUT2D eigenvalue weighted by Crippen LogP contribution is 2.16. The zero-order chi connectivity index (χ0) is 26.1. The van der Waals surface area contributed by atoms with E-state index in [9.17, 15) is 9.59 Å². The molecule has 2 rings (SSSR count). The Morgan fingerprint density at radius 2 is 1.06 bits per heavy atom. The minimum absolute atomic E-state index is 0.0870. The van der Waals surface area contributed by atoms with Crippen LogP contribution in [-0.4, -0.2) is 41.3 Å². The van der Waals surface area contributed by atoms with E-state index in [1.165, 1.54) is 10.4 Å². The van der Waals surface area contributed by atoms with Crippen molar-refractivity contribution < 1.29 is 33.9 Å². The first-order valence-corrected chi connectivity index (χ1v) is 18.6. The van der Waals surface area contributed by atoms with E-state index in [2.05, 4.69) is 46.2 Å². The summed E-state index contributed by atoms with van der Waals surface area (Å²) in [7, 11) is -2.97. The minimum atomic E-state index is -1.48. The van der Waals surface area contributed by atoms with Crippen LogP contribution in [-0.2, 0) is 24.3 Å². The first kappa shape index (κ1) is 28.9. The lowest BCUT2D eigenvalue weighted by Gasteiger charge is -2.17. The monoisotopic (exact) mass is 516 g/mol. The maximum absolute atomic E-state index is 12.4. The van der Waals surface area contributed by atoms with Crippen molar-refractivity contribution in [3.8, 4) is 0 Å². The van der Waals surface area contributed by atoms with Crippen LogP contribution in [0.15, 0.2) is 48.5 Å². The van der Waals surface area contributed by atoms with Gasteiger partial charge in [-0.15, -0.1) is 9.78 Å². The third kappa shape index (κ3) is 9.69. The van der Waals surface area contributed by atoms with Gasteiger partial charge in [-0.1, -0.05) is 80.8 Å². The molecule has 0 aliphatic rings. The Balaban J connectivity index is 1.95. The SMILES string of the molecule is [CH2]CCOCC[C](OOC(=O)c1ccc([Si](C)(C)C)cc1)OOC(=O)c1ccc([Si](C)(C)C)cc1. The summed E-state index contributed by atoms with van der Waals surface area (Å²) in [6.07, 6.45) is 0.471. The molecule has 0 N–H and O–H groups in total. The lowest BCUT2D eigenvalue weighted by atomic mass is 10.2. The lowest BCUT2D eigenvalue weighted by molar-refractivity contribution is -0.364. The zero-order valence-corrected chi connectivity index (χ0v) is 23.5. The van der Waals surface area contributed by atoms with Crippen LogP contribution in [0.3, 0.4) is 0 Å². The molecule has 35 heavy (non-hydrogen) atoms. The first-order valence-electron chi connectivity index (χ1n) is 11.6. The maximum Gasteiger partial charge on any atom is 0.373 e. The molecule has 2 aromatic rings. The Hall–Kier alpha value is -2.31. The molecular weight excluding hydrogens is 480 g/mol. The molecule has 7 nitrogen and oxygen atoms in total. The number of ether oxygens (including phenoxy) is 1. The van der Waals surface area contributed by atoms with E-state index in [0.29, 0.717) is 24.2 Å². The van der Waals surface area contributed by atoms with Crippen LogP contribution in [0.2, 0.25) is 39.3 Å². The number of benzene rings is 2. The summed E-state index contributed by atoms with van der Waals surface area (Å²) < 4.78 is 5.37. The van der Waals surface area contributed by atoms with E-state index in [0.717, 1.165) is 0 Å². The number of rotatable bonds is 13. The molecule has 0 bridgehead atoms. The predicted octanol–water partition coefficient (Wildman–Crippen LogP) is 4.77. The van der Waals surface area contributed by atoms with E-state index in [1.807, 2.05) is 24.3 Å². The van der Waals surface area contributed by atoms with Gasteiger partial charge < -0.3 is 4.74 Å². The number of carbonyl (C=O) groups excluding carboxylic acids is 2. The predicted molar refractivity (Wildman–Crippen MR) is 140 cm³/mol. The molecule has 0 aromatic heterocycles. The summed E-state index contributed by atoms with van der Waals surface area (Å²) >= 11 is 0. The van der Waals surface area contributed by atoms with Crippen LogP contribution in [0, 0.1) is 13.2 Å². The fraction of sp³-hybridized carbons (Fsp3) is 0.385. The number of hydrogen-bond acceptors (Lipinski definition) is 7. The van der Waals surface area contributed by atoms with Gasteiger partial charge in [-0.3, -0.25) is 9.78 Å². The van der Waals surface area contributed by atoms with Gasteiger partial charge in [-0.05, 0) is 30.7 Å². The summed E-state index contributed by atoms with van der Waals surface area (Å²) in [6.45, 7) is 17.7. The van der Waals surface area contributed by atoms with Crippen molar-refractivity contribution >= 4 is 38.5 Å². The Kier molecular flexibility index (Phi) is 10.8. The van der Waals surface area contributed by atoms with Gasteiger partial charge in [0.05, 0.1) is 33.9 Å². The van der Waals surface area contributed by atoms with Crippen molar-refractivity contribution in [1.29, 1.82) is 0 Å². The molecule has 190 valence electrons. The first-order chi connectivity index (χ1) is 16.4. The van der Waals surface area contributed by atoms with Crippen molar-refractivity contribution in [2.24, 2.45) is 0 Å². The fourth-order valence-corrected chi connectivity index (χ4v) is 5.27. The van der Waals surface area contributed by atoms with Gasteiger partial charge in [0, 0.05) is 13.0 Å². The highest BCUT2D eigenvalue weighted by atomic mass is 28.3. The Labute approximate surface area is 210 Å². The average Bonchev–Trinajstić information content (AvgIpc) is 2.81. The third-order valence-electron chi connectivity index (χ3n) is 5.13. The summed E-state index contributed by atoms with van der Waals surface area (Å²) in [5, 5.41) is 2.44. The zero-order valence-electron chi connectivity index (χ0n) is 21.5. The highest BCUT2D eigenvalue weighted by Gasteiger charge is 2.23. The number of hydrogen-bond donors (Lipinski definition) is 0. The summed E-state index contributed by atoms with van der Waals surface area (Å²) in [5.74, 6) is -1.39. The van der Waals surface area contributed by atoms with Crippen LogP contribution in [0.4, 0.5) is 0 Å². The van der Waals surface area contributed by atoms with Gasteiger partial charge >= 0.3 is 18.2 Å². The molecular formula is C26H36O7Si2. The smallest absolute Gasteiger partial charge is 0.373 e. The molecule has 0 atom stereocenters. The molecule has 0 aliphatic heterocycles. The van der Waals surface area contributed by atoms with Crippen LogP contribution >= 0.6 is 0 Å². The van der Waals surface area contributed by atoms with Crippen molar-refractivity contribution in [1.82, 2.24) is 0 Å². The van der Waals surface area contributed by atoms with Gasteiger partial charge in [0.15, 0.2) is 0 Å². The number of carbonyl (C=O) groups is 2. The van der Waals surface area contributed by atoms with Crippen molar-refractivity contribution in [2.75, 3.05) is 13.2 Å². The molecule has 0 saturated carbocycles. The molecule has 2 aromatic carbocycles. The second kappa shape index (κ2) is 13.1. The maximum atomic E-state index is 12.4. The van der Waals surface area contributed by atoms with Crippen LogP contribution in [0.25, 0.3) is 0 Å². The van der Waals surface area contributed by atoms with Gasteiger partial charge in [0.2, 0.25) is 0 Å². The molecule has 2 radical (unpaired) electrons. The standard InChI is InChI=1S/C26H36O7Si2/c1-8-18-29-19-17-24(30-32-25(27)20-9-13-22(14-10-20)34(2,3)4)31-33-26(28)21-11-15-23(16-12-21)35(5,6)7/h9-16H,1,8,17-19H2,2-7H3. The average molecular weight is 517 g/mol. The van der Waals surface area contributed by atoms with E-state index in [4.69, 9.17) is 24.3 Å². The van der Waals surface area contributed by atoms with E-state index in [1.54, 1.807) is 24.3 Å². The lowest BCUT2D eigenvalue weighted by Crippen LogP contribution is -2.37. The van der Waals surface area contributed by atoms with Gasteiger partial charge in [-0.2, -0.15) is 0 Å². The third-order valence-corrected chi connectivity index (χ3v) is 9.26. The second-order valence-corrected chi connectivity index (χ2v) is 20.3. The molecule has 9 heteroatoms. The van der Waals surface area contributed by atoms with Crippen molar-refractivity contribution in [2.45, 2.75) is 52.1 Å². The Morgan fingerprint density at radius 3 is 1.40 bits per heavy atom. The summed E-state index contributed by atoms with van der Waals surface area (Å²) in [4.78, 5) is 44.8. The molecule has 0 aliphatic carbocycles. The molecule has 0 fully saturated rings. The van der Waals surface area contributed by atoms with Crippen LogP contribution in [0.5, 0.6) is 0 Å². The van der Waals surface area contributed by atoms with Crippen molar-refractivity contribution in [3.63, 3.8) is 0 Å². The molecule has 0 amide bonds. The van der Waals surface area contributed by atoms with E-state index < -0.39 is 28.1 Å². The highest BCUT2D eigenvalue weighted by molar-refractivity contribution is 6.89. The second-order valence-electron chi connectivity index (χ2n) is 10.2.